The molecule has 1 saturated heterocycles. The molecule has 2 fully saturated rings. The molecule has 29 heavy (non-hydrogen) atoms. The van der Waals surface area contributed by atoms with Gasteiger partial charge in [0.25, 0.3) is 0 Å². The average molecular weight is 400 g/mol. The van der Waals surface area contributed by atoms with Gasteiger partial charge in [-0.05, 0) is 43.7 Å². The van der Waals surface area contributed by atoms with Crippen molar-refractivity contribution in [1.29, 1.82) is 0 Å². The van der Waals surface area contributed by atoms with Crippen molar-refractivity contribution in [1.82, 2.24) is 14.6 Å². The lowest BCUT2D eigenvalue weighted by molar-refractivity contribution is -0.149. The van der Waals surface area contributed by atoms with E-state index in [1.807, 2.05) is 12.1 Å². The van der Waals surface area contributed by atoms with E-state index in [-0.39, 0.29) is 24.1 Å². The maximum absolute atomic E-state index is 12.1. The molecular formula is C21H28N4O4. The van der Waals surface area contributed by atoms with Crippen LogP contribution in [0.1, 0.15) is 70.1 Å². The monoisotopic (exact) mass is 400 g/mol. The van der Waals surface area contributed by atoms with Crippen molar-refractivity contribution < 1.29 is 19.1 Å². The molecule has 0 radical (unpaired) electrons. The van der Waals surface area contributed by atoms with E-state index in [1.54, 1.807) is 4.52 Å². The van der Waals surface area contributed by atoms with E-state index in [9.17, 15) is 9.59 Å². The molecule has 1 N–H and O–H groups in total. The van der Waals surface area contributed by atoms with E-state index >= 15 is 0 Å². The number of hydrogen-bond acceptors (Lipinski definition) is 6. The molecule has 8 heteroatoms. The number of anilines is 1. The SMILES string of the molecule is CC(=O)Nc1ncnn2c(C3CCC(COC(=O)CC4CCCCC4)O3)ccc12. The lowest BCUT2D eigenvalue weighted by atomic mass is 9.87. The third kappa shape index (κ3) is 4.75. The van der Waals surface area contributed by atoms with E-state index in [1.165, 1.54) is 32.5 Å². The summed E-state index contributed by atoms with van der Waals surface area (Å²) < 4.78 is 13.4. The van der Waals surface area contributed by atoms with Crippen LogP contribution in [0.25, 0.3) is 5.52 Å². The van der Waals surface area contributed by atoms with Crippen LogP contribution in [0.5, 0.6) is 0 Å². The molecule has 1 aliphatic heterocycles. The Morgan fingerprint density at radius 2 is 2.03 bits per heavy atom. The molecule has 1 saturated carbocycles. The number of ether oxygens (including phenoxy) is 2. The molecule has 0 bridgehead atoms. The topological polar surface area (TPSA) is 94.8 Å². The summed E-state index contributed by atoms with van der Waals surface area (Å²) in [6.45, 7) is 1.75. The van der Waals surface area contributed by atoms with Gasteiger partial charge in [-0.2, -0.15) is 5.10 Å². The van der Waals surface area contributed by atoms with Crippen molar-refractivity contribution in [3.8, 4) is 0 Å². The molecule has 2 atom stereocenters. The number of hydrogen-bond donors (Lipinski definition) is 1. The largest absolute Gasteiger partial charge is 0.463 e. The van der Waals surface area contributed by atoms with E-state index < -0.39 is 0 Å². The van der Waals surface area contributed by atoms with Crippen molar-refractivity contribution in [3.63, 3.8) is 0 Å². The highest BCUT2D eigenvalue weighted by Crippen LogP contribution is 2.34. The number of nitrogens with one attached hydrogen (secondary N) is 1. The van der Waals surface area contributed by atoms with Crippen LogP contribution in [0.2, 0.25) is 0 Å². The van der Waals surface area contributed by atoms with Gasteiger partial charge in [0.1, 0.15) is 24.6 Å². The van der Waals surface area contributed by atoms with E-state index in [2.05, 4.69) is 15.4 Å². The van der Waals surface area contributed by atoms with Gasteiger partial charge in [-0.1, -0.05) is 19.3 Å². The lowest BCUT2D eigenvalue weighted by Crippen LogP contribution is -2.21. The zero-order valence-electron chi connectivity index (χ0n) is 16.8. The molecule has 1 aliphatic carbocycles. The minimum absolute atomic E-state index is 0.0995. The molecule has 4 rings (SSSR count). The fourth-order valence-electron chi connectivity index (χ4n) is 4.38. The standard InChI is InChI=1S/C21H28N4O4/c1-14(26)24-21-18-9-8-17(25(18)23-13-22-21)19-10-7-16(29-19)12-28-20(27)11-15-5-3-2-4-6-15/h8-9,13,15-16,19H,2-7,10-12H2,1H3,(H,22,23,24,26). The Kier molecular flexibility index (Phi) is 6.08. The molecular weight excluding hydrogens is 372 g/mol. The summed E-state index contributed by atoms with van der Waals surface area (Å²) in [5.41, 5.74) is 1.63. The van der Waals surface area contributed by atoms with Crippen molar-refractivity contribution in [2.24, 2.45) is 5.92 Å². The molecule has 2 aromatic rings. The van der Waals surface area contributed by atoms with Crippen molar-refractivity contribution >= 4 is 23.2 Å². The van der Waals surface area contributed by atoms with Gasteiger partial charge in [0.05, 0.1) is 11.8 Å². The van der Waals surface area contributed by atoms with Crippen molar-refractivity contribution in [2.75, 3.05) is 11.9 Å². The molecule has 2 unspecified atom stereocenters. The first-order valence-electron chi connectivity index (χ1n) is 10.5. The third-order valence-corrected chi connectivity index (χ3v) is 5.82. The molecule has 0 aromatic carbocycles. The van der Waals surface area contributed by atoms with Gasteiger partial charge in [0, 0.05) is 13.3 Å². The normalized spacial score (nSPS) is 22.7. The number of carbonyl (C=O) groups is 2. The van der Waals surface area contributed by atoms with E-state index in [0.29, 0.717) is 24.8 Å². The number of rotatable bonds is 6. The Hall–Kier alpha value is -2.48. The van der Waals surface area contributed by atoms with Gasteiger partial charge in [-0.15, -0.1) is 0 Å². The average Bonchev–Trinajstić information content (AvgIpc) is 3.34. The van der Waals surface area contributed by atoms with Crippen LogP contribution in [0.3, 0.4) is 0 Å². The van der Waals surface area contributed by atoms with Gasteiger partial charge in [-0.25, -0.2) is 9.50 Å². The Bertz CT molecular complexity index is 875. The second kappa shape index (κ2) is 8.90. The Morgan fingerprint density at radius 3 is 2.83 bits per heavy atom. The van der Waals surface area contributed by atoms with Crippen molar-refractivity contribution in [3.05, 3.63) is 24.2 Å². The molecule has 156 valence electrons. The lowest BCUT2D eigenvalue weighted by Gasteiger charge is -2.21. The molecule has 2 aliphatic rings. The van der Waals surface area contributed by atoms with Crippen LogP contribution in [0.15, 0.2) is 18.5 Å². The zero-order valence-corrected chi connectivity index (χ0v) is 16.8. The van der Waals surface area contributed by atoms with E-state index in [0.717, 1.165) is 36.9 Å². The predicted octanol–water partition coefficient (Wildman–Crippen LogP) is 3.42. The first kappa shape index (κ1) is 19.8. The zero-order chi connectivity index (χ0) is 20.2. The van der Waals surface area contributed by atoms with Crippen molar-refractivity contribution in [2.45, 2.75) is 70.5 Å². The second-order valence-electron chi connectivity index (χ2n) is 8.06. The highest BCUT2D eigenvalue weighted by Gasteiger charge is 2.30. The Balaban J connectivity index is 1.32. The number of esters is 1. The van der Waals surface area contributed by atoms with Gasteiger partial charge in [0.2, 0.25) is 5.91 Å². The maximum Gasteiger partial charge on any atom is 0.306 e. The van der Waals surface area contributed by atoms with Crippen LogP contribution < -0.4 is 5.32 Å². The van der Waals surface area contributed by atoms with Crippen LogP contribution >= 0.6 is 0 Å². The maximum atomic E-state index is 12.1. The van der Waals surface area contributed by atoms with Gasteiger partial charge in [-0.3, -0.25) is 9.59 Å². The number of amides is 1. The first-order chi connectivity index (χ1) is 14.1. The number of fused-ring (bicyclic) bond motifs is 1. The number of carbonyl (C=O) groups excluding carboxylic acids is 2. The molecule has 1 amide bonds. The molecule has 0 spiro atoms. The summed E-state index contributed by atoms with van der Waals surface area (Å²) in [6.07, 6.45) is 9.40. The summed E-state index contributed by atoms with van der Waals surface area (Å²) in [7, 11) is 0. The van der Waals surface area contributed by atoms with E-state index in [4.69, 9.17) is 9.47 Å². The second-order valence-corrected chi connectivity index (χ2v) is 8.06. The molecule has 2 aromatic heterocycles. The first-order valence-corrected chi connectivity index (χ1v) is 10.5. The molecule has 3 heterocycles. The number of aromatic nitrogens is 3. The van der Waals surface area contributed by atoms with Crippen LogP contribution in [0.4, 0.5) is 5.82 Å². The molecule has 8 nitrogen and oxygen atoms in total. The predicted molar refractivity (Wildman–Crippen MR) is 106 cm³/mol. The minimum atomic E-state index is -0.180. The number of nitrogens with zero attached hydrogens (tertiary/aromatic N) is 3. The van der Waals surface area contributed by atoms with Gasteiger partial charge in [0.15, 0.2) is 5.82 Å². The highest BCUT2D eigenvalue weighted by atomic mass is 16.6. The van der Waals surface area contributed by atoms with Crippen LogP contribution in [-0.4, -0.2) is 39.2 Å². The quantitative estimate of drug-likeness (QED) is 0.747. The van der Waals surface area contributed by atoms with Crippen LogP contribution in [-0.2, 0) is 19.1 Å². The fourth-order valence-corrected chi connectivity index (χ4v) is 4.38. The summed E-state index contributed by atoms with van der Waals surface area (Å²) in [5, 5.41) is 7.02. The summed E-state index contributed by atoms with van der Waals surface area (Å²) >= 11 is 0. The smallest absolute Gasteiger partial charge is 0.306 e. The third-order valence-electron chi connectivity index (χ3n) is 5.82. The van der Waals surface area contributed by atoms with Crippen LogP contribution in [0, 0.1) is 5.92 Å². The van der Waals surface area contributed by atoms with Gasteiger partial charge >= 0.3 is 5.97 Å². The summed E-state index contributed by atoms with van der Waals surface area (Å²) in [5.74, 6) is 0.674. The van der Waals surface area contributed by atoms with Gasteiger partial charge < -0.3 is 14.8 Å². The summed E-state index contributed by atoms with van der Waals surface area (Å²) in [4.78, 5) is 27.7. The Morgan fingerprint density at radius 1 is 1.21 bits per heavy atom. The minimum Gasteiger partial charge on any atom is -0.463 e. The highest BCUT2D eigenvalue weighted by molar-refractivity contribution is 5.91. The Labute approximate surface area is 170 Å². The fraction of sp³-hybridized carbons (Fsp3) is 0.619. The summed E-state index contributed by atoms with van der Waals surface area (Å²) in [6, 6.07) is 3.82.